The molecule has 44 heavy (non-hydrogen) atoms. The van der Waals surface area contributed by atoms with Crippen molar-refractivity contribution in [2.45, 2.75) is 46.0 Å². The fraction of sp³-hybridized carbons (Fsp3) is 0.105. The second-order valence-electron chi connectivity index (χ2n) is 11.8. The van der Waals surface area contributed by atoms with E-state index >= 15 is 0 Å². The number of benzene rings is 7. The summed E-state index contributed by atoms with van der Waals surface area (Å²) in [5, 5.41) is 5.76. The van der Waals surface area contributed by atoms with Gasteiger partial charge in [-0.15, -0.1) is 0 Å². The van der Waals surface area contributed by atoms with Crippen LogP contribution >= 0.6 is 10.3 Å². The second kappa shape index (κ2) is 10.7. The van der Waals surface area contributed by atoms with Gasteiger partial charge in [0.25, 0.3) is 0 Å². The first kappa shape index (κ1) is 28.4. The zero-order chi connectivity index (χ0) is 30.5. The van der Waals surface area contributed by atoms with E-state index < -0.39 is 20.4 Å². The van der Waals surface area contributed by atoms with E-state index in [1.54, 1.807) is 6.07 Å². The predicted octanol–water partition coefficient (Wildman–Crippen LogP) is 10.4. The first-order valence-corrected chi connectivity index (χ1v) is 17.5. The van der Waals surface area contributed by atoms with Crippen LogP contribution in [0.2, 0.25) is 0 Å². The van der Waals surface area contributed by atoms with Crippen LogP contribution in [0, 0.1) is 0 Å². The molecular weight excluding hydrogens is 585 g/mol. The Labute approximate surface area is 259 Å². The van der Waals surface area contributed by atoms with Gasteiger partial charge in [0, 0.05) is 20.1 Å². The van der Waals surface area contributed by atoms with Crippen molar-refractivity contribution >= 4 is 52.7 Å². The van der Waals surface area contributed by atoms with E-state index in [-0.39, 0.29) is 10.5 Å². The summed E-state index contributed by atoms with van der Waals surface area (Å²) in [7, 11) is -7.09. The van der Waals surface area contributed by atoms with E-state index in [9.17, 15) is 8.42 Å². The predicted molar refractivity (Wildman–Crippen MR) is 181 cm³/mol. The molecule has 0 atom stereocenters. The minimum absolute atomic E-state index is 0.152. The van der Waals surface area contributed by atoms with Gasteiger partial charge in [-0.2, -0.15) is 8.42 Å². The normalized spacial score (nSPS) is 13.1. The van der Waals surface area contributed by atoms with Gasteiger partial charge in [-0.05, 0) is 113 Å². The molecule has 7 rings (SSSR count). The quantitative estimate of drug-likeness (QED) is 0.167. The standard InChI is InChI=1S/C38H32O4S2/c1-38(2,3)41-30-21-23-33(24-22-30)43(31-13-6-4-7-14-31,32-15-8-5-9-16-32)42-44(39,40)35-26-20-29-18-17-27-11-10-12-28-19-25-34(35)37(29)36(27)28/h4-26H,1-3H3. The number of rotatable bonds is 7. The second-order valence-corrected chi connectivity index (χ2v) is 16.2. The summed E-state index contributed by atoms with van der Waals surface area (Å²) >= 11 is 0. The first-order chi connectivity index (χ1) is 21.2. The van der Waals surface area contributed by atoms with Crippen molar-refractivity contribution in [1.82, 2.24) is 0 Å². The first-order valence-electron chi connectivity index (χ1n) is 14.5. The molecule has 0 saturated heterocycles. The average molecular weight is 617 g/mol. The summed E-state index contributed by atoms with van der Waals surface area (Å²) < 4.78 is 42.3. The lowest BCUT2D eigenvalue weighted by Gasteiger charge is -2.39. The minimum atomic E-state index is -4.32. The summed E-state index contributed by atoms with van der Waals surface area (Å²) in [6.07, 6.45) is 0. The van der Waals surface area contributed by atoms with Crippen LogP contribution in [0.1, 0.15) is 20.8 Å². The minimum Gasteiger partial charge on any atom is -0.488 e. The van der Waals surface area contributed by atoms with Crippen LogP contribution in [0.15, 0.2) is 159 Å². The highest BCUT2D eigenvalue weighted by molar-refractivity contribution is 8.33. The molecule has 220 valence electrons. The molecule has 0 fully saturated rings. The smallest absolute Gasteiger partial charge is 0.307 e. The number of hydrogen-bond acceptors (Lipinski definition) is 4. The molecule has 0 aliphatic carbocycles. The lowest BCUT2D eigenvalue weighted by Crippen LogP contribution is -2.22. The van der Waals surface area contributed by atoms with Gasteiger partial charge < -0.3 is 4.74 Å². The average Bonchev–Trinajstić information content (AvgIpc) is 3.03. The fourth-order valence-corrected chi connectivity index (χ4v) is 11.3. The largest absolute Gasteiger partial charge is 0.488 e. The van der Waals surface area contributed by atoms with Gasteiger partial charge in [0.15, 0.2) is 0 Å². The topological polar surface area (TPSA) is 52.6 Å². The fourth-order valence-electron chi connectivity index (χ4n) is 5.90. The highest BCUT2D eigenvalue weighted by atomic mass is 32.3. The Hall–Kier alpha value is -4.36. The number of hydrogen-bond donors (Lipinski definition) is 0. The third-order valence-corrected chi connectivity index (χ3v) is 12.9. The molecule has 0 spiro atoms. The van der Waals surface area contributed by atoms with Gasteiger partial charge >= 0.3 is 10.1 Å². The van der Waals surface area contributed by atoms with Crippen LogP contribution in [-0.2, 0) is 13.7 Å². The van der Waals surface area contributed by atoms with Crippen LogP contribution in [0.5, 0.6) is 5.75 Å². The molecule has 0 radical (unpaired) electrons. The Balaban J connectivity index is 1.47. The summed E-state index contributed by atoms with van der Waals surface area (Å²) in [5.41, 5.74) is -0.376. The SMILES string of the molecule is CC(C)(C)Oc1ccc(S(OS(=O)(=O)c2ccc3ccc4cccc5ccc2c3c45)(c2ccccc2)c2ccccc2)cc1. The van der Waals surface area contributed by atoms with E-state index in [0.717, 1.165) is 41.6 Å². The summed E-state index contributed by atoms with van der Waals surface area (Å²) in [4.78, 5) is 2.45. The Bertz CT molecular complexity index is 2150. The molecule has 0 aliphatic rings. The van der Waals surface area contributed by atoms with Gasteiger partial charge in [-0.25, -0.2) is 3.63 Å². The third kappa shape index (κ3) is 4.89. The van der Waals surface area contributed by atoms with Crippen molar-refractivity contribution in [2.24, 2.45) is 0 Å². The van der Waals surface area contributed by atoms with E-state index in [4.69, 9.17) is 8.37 Å². The molecule has 0 amide bonds. The van der Waals surface area contributed by atoms with Crippen molar-refractivity contribution in [3.63, 3.8) is 0 Å². The van der Waals surface area contributed by atoms with E-state index in [2.05, 4.69) is 18.2 Å². The molecule has 6 heteroatoms. The third-order valence-electron chi connectivity index (χ3n) is 7.68. The van der Waals surface area contributed by atoms with Gasteiger partial charge in [0.2, 0.25) is 0 Å². The van der Waals surface area contributed by atoms with E-state index in [1.807, 2.05) is 136 Å². The summed E-state index contributed by atoms with van der Waals surface area (Å²) in [6.45, 7) is 5.99. The highest BCUT2D eigenvalue weighted by Gasteiger charge is 2.39. The van der Waals surface area contributed by atoms with Crippen LogP contribution < -0.4 is 4.74 Å². The maximum absolute atomic E-state index is 14.7. The Morgan fingerprint density at radius 2 is 1.00 bits per heavy atom. The van der Waals surface area contributed by atoms with Crippen molar-refractivity contribution in [3.8, 4) is 5.75 Å². The summed E-state index contributed by atoms with van der Waals surface area (Å²) in [5.74, 6) is 0.699. The van der Waals surface area contributed by atoms with Crippen LogP contribution in [0.3, 0.4) is 0 Å². The molecule has 0 N–H and O–H groups in total. The Morgan fingerprint density at radius 3 is 1.57 bits per heavy atom. The molecule has 4 nitrogen and oxygen atoms in total. The van der Waals surface area contributed by atoms with Gasteiger partial charge in [0.05, 0.1) is 0 Å². The molecule has 0 aromatic heterocycles. The van der Waals surface area contributed by atoms with Gasteiger partial charge in [-0.1, -0.05) is 84.9 Å². The number of ether oxygens (including phenoxy) is 1. The lowest BCUT2D eigenvalue weighted by molar-refractivity contribution is 0.131. The van der Waals surface area contributed by atoms with Crippen LogP contribution in [-0.4, -0.2) is 14.0 Å². The Morgan fingerprint density at radius 1 is 0.500 bits per heavy atom. The van der Waals surface area contributed by atoms with Gasteiger partial charge in [-0.3, -0.25) is 0 Å². The molecule has 7 aromatic carbocycles. The molecule has 0 unspecified atom stereocenters. The lowest BCUT2D eigenvalue weighted by atomic mass is 9.94. The highest BCUT2D eigenvalue weighted by Crippen LogP contribution is 2.70. The molecule has 0 aliphatic heterocycles. The van der Waals surface area contributed by atoms with Crippen LogP contribution in [0.4, 0.5) is 0 Å². The Kier molecular flexibility index (Phi) is 6.89. The zero-order valence-corrected chi connectivity index (χ0v) is 26.4. The maximum atomic E-state index is 14.7. The van der Waals surface area contributed by atoms with Crippen LogP contribution in [0.25, 0.3) is 32.3 Å². The molecular formula is C38H32O4S2. The maximum Gasteiger partial charge on any atom is 0.307 e. The van der Waals surface area contributed by atoms with Gasteiger partial charge in [0.1, 0.15) is 16.2 Å². The van der Waals surface area contributed by atoms with Crippen molar-refractivity contribution < 1.29 is 16.8 Å². The van der Waals surface area contributed by atoms with E-state index in [1.165, 1.54) is 0 Å². The van der Waals surface area contributed by atoms with Crippen molar-refractivity contribution in [1.29, 1.82) is 0 Å². The summed E-state index contributed by atoms with van der Waals surface area (Å²) in [6, 6.07) is 44.7. The molecule has 7 aromatic rings. The van der Waals surface area contributed by atoms with E-state index in [0.29, 0.717) is 11.1 Å². The molecule has 0 heterocycles. The van der Waals surface area contributed by atoms with Crippen molar-refractivity contribution in [2.75, 3.05) is 0 Å². The van der Waals surface area contributed by atoms with Crippen molar-refractivity contribution in [3.05, 3.63) is 140 Å². The molecule has 0 saturated carbocycles. The molecule has 0 bridgehead atoms. The monoisotopic (exact) mass is 616 g/mol. The zero-order valence-electron chi connectivity index (χ0n) is 24.7.